The highest BCUT2D eigenvalue weighted by molar-refractivity contribution is 7.59. The lowest BCUT2D eigenvalue weighted by Gasteiger charge is -2.34. The summed E-state index contributed by atoms with van der Waals surface area (Å²) in [6.45, 7) is 11.9. The summed E-state index contributed by atoms with van der Waals surface area (Å²) >= 11 is 0. The van der Waals surface area contributed by atoms with E-state index in [1.54, 1.807) is 6.16 Å². The van der Waals surface area contributed by atoms with Crippen molar-refractivity contribution in [3.8, 4) is 0 Å². The average molecular weight is 258 g/mol. The lowest BCUT2D eigenvalue weighted by Crippen LogP contribution is -2.16. The maximum Gasteiger partial charge on any atom is -0.0209 e. The Morgan fingerprint density at radius 1 is 0.706 bits per heavy atom. The van der Waals surface area contributed by atoms with Crippen LogP contribution < -0.4 is 0 Å². The van der Waals surface area contributed by atoms with Gasteiger partial charge in [-0.05, 0) is 49.6 Å². The minimum atomic E-state index is 0.295. The van der Waals surface area contributed by atoms with Gasteiger partial charge in [0.15, 0.2) is 0 Å². The summed E-state index contributed by atoms with van der Waals surface area (Å²) in [6.07, 6.45) is 12.9. The lowest BCUT2D eigenvalue weighted by atomic mass is 10.2. The summed E-state index contributed by atoms with van der Waals surface area (Å²) in [4.78, 5) is 0. The van der Waals surface area contributed by atoms with Crippen LogP contribution in [0.4, 0.5) is 0 Å². The Hall–Kier alpha value is 0.430. The Kier molecular flexibility index (Phi) is 11.8. The fourth-order valence-electron chi connectivity index (χ4n) is 2.88. The first-order valence-electron chi connectivity index (χ1n) is 8.00. The van der Waals surface area contributed by atoms with E-state index in [4.69, 9.17) is 0 Å². The van der Waals surface area contributed by atoms with E-state index in [0.29, 0.717) is 7.92 Å². The molecule has 0 spiro atoms. The third kappa shape index (κ3) is 6.80. The Labute approximate surface area is 112 Å². The number of unbranched alkanes of at least 4 members (excludes halogenated alkanes) is 1. The highest BCUT2D eigenvalue weighted by Gasteiger charge is 2.25. The van der Waals surface area contributed by atoms with Gasteiger partial charge in [-0.3, -0.25) is 0 Å². The second-order valence-electron chi connectivity index (χ2n) is 5.29. The molecule has 0 aliphatic heterocycles. The van der Waals surface area contributed by atoms with E-state index in [-0.39, 0.29) is 0 Å². The molecule has 0 aromatic heterocycles. The van der Waals surface area contributed by atoms with Crippen molar-refractivity contribution < 1.29 is 0 Å². The van der Waals surface area contributed by atoms with Crippen molar-refractivity contribution in [3.05, 3.63) is 0 Å². The number of rotatable bonds is 11. The fraction of sp³-hybridized carbons (Fsp3) is 1.00. The van der Waals surface area contributed by atoms with Gasteiger partial charge in [0.25, 0.3) is 0 Å². The molecule has 0 radical (unpaired) electrons. The summed E-state index contributed by atoms with van der Waals surface area (Å²) in [5, 5.41) is 0. The number of hydrogen-bond acceptors (Lipinski definition) is 0. The van der Waals surface area contributed by atoms with Crippen molar-refractivity contribution in [1.29, 1.82) is 0 Å². The van der Waals surface area contributed by atoms with E-state index in [0.717, 1.165) is 11.3 Å². The Morgan fingerprint density at radius 3 is 1.47 bits per heavy atom. The van der Waals surface area contributed by atoms with E-state index in [1.807, 2.05) is 0 Å². The zero-order chi connectivity index (χ0) is 13.1. The minimum absolute atomic E-state index is 0.295. The predicted molar refractivity (Wildman–Crippen MR) is 84.7 cm³/mol. The van der Waals surface area contributed by atoms with Crippen LogP contribution in [-0.2, 0) is 0 Å². The molecule has 0 saturated heterocycles. The van der Waals surface area contributed by atoms with Crippen molar-refractivity contribution in [2.75, 3.05) is 6.16 Å². The van der Waals surface area contributed by atoms with Gasteiger partial charge in [0.05, 0.1) is 0 Å². The van der Waals surface area contributed by atoms with E-state index < -0.39 is 0 Å². The van der Waals surface area contributed by atoms with Gasteiger partial charge in [-0.15, -0.1) is 7.92 Å². The predicted octanol–water partition coefficient (Wildman–Crippen LogP) is 6.43. The van der Waals surface area contributed by atoms with Gasteiger partial charge in [-0.1, -0.05) is 53.9 Å². The molecule has 0 bridgehead atoms. The molecule has 0 fully saturated rings. The molecule has 104 valence electrons. The Balaban J connectivity index is 4.54. The van der Waals surface area contributed by atoms with Gasteiger partial charge in [-0.2, -0.15) is 0 Å². The molecule has 0 heterocycles. The second-order valence-corrected chi connectivity index (χ2v) is 8.23. The lowest BCUT2D eigenvalue weighted by molar-refractivity contribution is 0.661. The van der Waals surface area contributed by atoms with Crippen molar-refractivity contribution in [2.24, 2.45) is 0 Å². The van der Waals surface area contributed by atoms with Gasteiger partial charge in [-0.25, -0.2) is 0 Å². The summed E-state index contributed by atoms with van der Waals surface area (Å²) in [5.41, 5.74) is 2.11. The van der Waals surface area contributed by atoms with Crippen LogP contribution in [0.25, 0.3) is 0 Å². The largest absolute Gasteiger partial charge is 0.100 e. The molecule has 0 nitrogen and oxygen atoms in total. The monoisotopic (exact) mass is 258 g/mol. The smallest absolute Gasteiger partial charge is 0.0209 e. The van der Waals surface area contributed by atoms with Gasteiger partial charge in [0.1, 0.15) is 0 Å². The SMILES string of the molecule is CCCCP(C(CC)CCC)C(CC)CCC. The van der Waals surface area contributed by atoms with E-state index in [9.17, 15) is 0 Å². The average Bonchev–Trinajstić information content (AvgIpc) is 2.36. The molecular weight excluding hydrogens is 223 g/mol. The van der Waals surface area contributed by atoms with Crippen LogP contribution in [0.5, 0.6) is 0 Å². The van der Waals surface area contributed by atoms with E-state index in [2.05, 4.69) is 34.6 Å². The molecule has 0 aliphatic carbocycles. The third-order valence-electron chi connectivity index (χ3n) is 3.89. The highest BCUT2D eigenvalue weighted by atomic mass is 31.1. The highest BCUT2D eigenvalue weighted by Crippen LogP contribution is 2.52. The van der Waals surface area contributed by atoms with E-state index in [1.165, 1.54) is 51.4 Å². The van der Waals surface area contributed by atoms with Gasteiger partial charge < -0.3 is 0 Å². The molecular formula is C16H35P. The maximum atomic E-state index is 2.42. The third-order valence-corrected chi connectivity index (χ3v) is 7.85. The fourth-order valence-corrected chi connectivity index (χ4v) is 7.01. The van der Waals surface area contributed by atoms with Crippen LogP contribution in [-0.4, -0.2) is 17.5 Å². The summed E-state index contributed by atoms with van der Waals surface area (Å²) < 4.78 is 0. The maximum absolute atomic E-state index is 2.42. The van der Waals surface area contributed by atoms with Gasteiger partial charge in [0.2, 0.25) is 0 Å². The van der Waals surface area contributed by atoms with Crippen molar-refractivity contribution in [1.82, 2.24) is 0 Å². The molecule has 17 heavy (non-hydrogen) atoms. The first-order chi connectivity index (χ1) is 8.24. The van der Waals surface area contributed by atoms with Crippen LogP contribution in [0.1, 0.15) is 86.0 Å². The molecule has 0 aliphatic rings. The zero-order valence-corrected chi connectivity index (χ0v) is 13.9. The zero-order valence-electron chi connectivity index (χ0n) is 13.0. The normalized spacial score (nSPS) is 16.8. The summed E-state index contributed by atoms with van der Waals surface area (Å²) in [6, 6.07) is 0. The molecule has 0 N–H and O–H groups in total. The van der Waals surface area contributed by atoms with Crippen LogP contribution in [0, 0.1) is 0 Å². The van der Waals surface area contributed by atoms with Crippen LogP contribution in [0.15, 0.2) is 0 Å². The van der Waals surface area contributed by atoms with Crippen LogP contribution in [0.3, 0.4) is 0 Å². The molecule has 2 unspecified atom stereocenters. The van der Waals surface area contributed by atoms with Crippen molar-refractivity contribution in [2.45, 2.75) is 97.3 Å². The second kappa shape index (κ2) is 11.5. The van der Waals surface area contributed by atoms with Crippen LogP contribution in [0.2, 0.25) is 0 Å². The first kappa shape index (κ1) is 17.4. The Bertz CT molecular complexity index is 142. The van der Waals surface area contributed by atoms with Crippen LogP contribution >= 0.6 is 7.92 Å². The standard InChI is InChI=1S/C16H35P/c1-6-11-14-17(15(9-4)12-7-2)16(10-5)13-8-3/h15-16H,6-14H2,1-5H3. The molecule has 0 rings (SSSR count). The van der Waals surface area contributed by atoms with E-state index >= 15 is 0 Å². The summed E-state index contributed by atoms with van der Waals surface area (Å²) in [5.74, 6) is 0. The molecule has 2 atom stereocenters. The van der Waals surface area contributed by atoms with Crippen molar-refractivity contribution in [3.63, 3.8) is 0 Å². The number of hydrogen-bond donors (Lipinski definition) is 0. The van der Waals surface area contributed by atoms with Gasteiger partial charge in [0, 0.05) is 0 Å². The minimum Gasteiger partial charge on any atom is -0.100 e. The first-order valence-corrected chi connectivity index (χ1v) is 9.67. The molecule has 1 heteroatoms. The van der Waals surface area contributed by atoms with Gasteiger partial charge >= 0.3 is 0 Å². The Morgan fingerprint density at radius 2 is 1.18 bits per heavy atom. The topological polar surface area (TPSA) is 0 Å². The molecule has 0 saturated carbocycles. The molecule has 0 aromatic carbocycles. The molecule has 0 amide bonds. The molecule has 0 aromatic rings. The summed E-state index contributed by atoms with van der Waals surface area (Å²) in [7, 11) is 0.295. The van der Waals surface area contributed by atoms with Crippen molar-refractivity contribution >= 4 is 7.92 Å². The quantitative estimate of drug-likeness (QED) is 0.375.